The van der Waals surface area contributed by atoms with Crippen molar-refractivity contribution < 1.29 is 14.6 Å². The number of anilines is 1. The van der Waals surface area contributed by atoms with E-state index in [1.54, 1.807) is 18.2 Å². The number of hydrazone groups is 1. The third-order valence-electron chi connectivity index (χ3n) is 2.52. The SMILES string of the molecule is Nc1nnc(CC(=O)ON/N=C/C=C/c2cccc([N+](=O)[O-])c2)s1. The van der Waals surface area contributed by atoms with Gasteiger partial charge < -0.3 is 10.6 Å². The monoisotopic (exact) mass is 348 g/mol. The fourth-order valence-electron chi connectivity index (χ4n) is 1.54. The molecule has 0 saturated carbocycles. The summed E-state index contributed by atoms with van der Waals surface area (Å²) in [6, 6.07) is 6.11. The van der Waals surface area contributed by atoms with Crippen molar-refractivity contribution in [2.24, 2.45) is 5.10 Å². The van der Waals surface area contributed by atoms with E-state index in [0.717, 1.165) is 11.3 Å². The maximum Gasteiger partial charge on any atom is 0.341 e. The van der Waals surface area contributed by atoms with Crippen LogP contribution in [0.25, 0.3) is 6.08 Å². The topological polar surface area (TPSA) is 146 Å². The van der Waals surface area contributed by atoms with E-state index in [-0.39, 0.29) is 17.2 Å². The zero-order chi connectivity index (χ0) is 17.4. The van der Waals surface area contributed by atoms with Gasteiger partial charge in [-0.1, -0.05) is 29.5 Å². The maximum absolute atomic E-state index is 11.4. The number of benzene rings is 1. The number of nitrogen functional groups attached to an aromatic ring is 1. The first-order valence-corrected chi connectivity index (χ1v) is 7.33. The van der Waals surface area contributed by atoms with Crippen LogP contribution >= 0.6 is 11.3 Å². The number of hydrogen-bond acceptors (Lipinski definition) is 10. The second-order valence-electron chi connectivity index (χ2n) is 4.27. The number of carbonyl (C=O) groups is 1. The first kappa shape index (κ1) is 17.0. The van der Waals surface area contributed by atoms with Crippen LogP contribution in [-0.2, 0) is 16.1 Å². The van der Waals surface area contributed by atoms with Gasteiger partial charge in [0, 0.05) is 12.1 Å². The van der Waals surface area contributed by atoms with E-state index in [9.17, 15) is 14.9 Å². The lowest BCUT2D eigenvalue weighted by Crippen LogP contribution is -2.16. The molecule has 0 fully saturated rings. The van der Waals surface area contributed by atoms with E-state index < -0.39 is 10.9 Å². The molecule has 2 aromatic rings. The predicted molar refractivity (Wildman–Crippen MR) is 87.9 cm³/mol. The lowest BCUT2D eigenvalue weighted by molar-refractivity contribution is -0.384. The number of nitro groups is 1. The van der Waals surface area contributed by atoms with Crippen molar-refractivity contribution in [1.82, 2.24) is 15.8 Å². The summed E-state index contributed by atoms with van der Waals surface area (Å²) in [4.78, 5) is 26.3. The Morgan fingerprint density at radius 1 is 1.50 bits per heavy atom. The first-order valence-electron chi connectivity index (χ1n) is 6.51. The number of non-ortho nitro benzene ring substituents is 1. The highest BCUT2D eigenvalue weighted by Gasteiger charge is 2.09. The lowest BCUT2D eigenvalue weighted by atomic mass is 10.2. The summed E-state index contributed by atoms with van der Waals surface area (Å²) >= 11 is 1.09. The fourth-order valence-corrected chi connectivity index (χ4v) is 2.14. The van der Waals surface area contributed by atoms with E-state index in [1.165, 1.54) is 24.4 Å². The van der Waals surface area contributed by atoms with Crippen molar-refractivity contribution in [2.75, 3.05) is 5.73 Å². The molecule has 24 heavy (non-hydrogen) atoms. The van der Waals surface area contributed by atoms with Crippen LogP contribution in [0.2, 0.25) is 0 Å². The number of carbonyl (C=O) groups excluding carboxylic acids is 1. The molecule has 0 atom stereocenters. The normalized spacial score (nSPS) is 11.0. The Hall–Kier alpha value is -3.34. The number of rotatable bonds is 7. The minimum Gasteiger partial charge on any atom is -0.374 e. The van der Waals surface area contributed by atoms with Crippen molar-refractivity contribution in [3.05, 3.63) is 51.0 Å². The van der Waals surface area contributed by atoms with Gasteiger partial charge in [-0.05, 0) is 11.6 Å². The van der Waals surface area contributed by atoms with Gasteiger partial charge in [0.1, 0.15) is 11.4 Å². The Bertz CT molecular complexity index is 788. The van der Waals surface area contributed by atoms with Crippen LogP contribution in [0.15, 0.2) is 35.4 Å². The Morgan fingerprint density at radius 2 is 2.33 bits per heavy atom. The molecule has 2 rings (SSSR count). The van der Waals surface area contributed by atoms with Crippen LogP contribution in [0.4, 0.5) is 10.8 Å². The molecule has 10 nitrogen and oxygen atoms in total. The number of nitrogens with zero attached hydrogens (tertiary/aromatic N) is 4. The van der Waals surface area contributed by atoms with Crippen LogP contribution in [0.3, 0.4) is 0 Å². The van der Waals surface area contributed by atoms with Crippen LogP contribution in [-0.4, -0.2) is 27.3 Å². The molecule has 0 aliphatic carbocycles. The van der Waals surface area contributed by atoms with Gasteiger partial charge in [-0.25, -0.2) is 4.79 Å². The molecule has 0 unspecified atom stereocenters. The van der Waals surface area contributed by atoms with Gasteiger partial charge in [0.05, 0.1) is 11.1 Å². The minimum atomic E-state index is -0.592. The fraction of sp³-hybridized carbons (Fsp3) is 0.0769. The van der Waals surface area contributed by atoms with Crippen molar-refractivity contribution >= 4 is 40.4 Å². The summed E-state index contributed by atoms with van der Waals surface area (Å²) in [6.45, 7) is 0. The zero-order valence-corrected chi connectivity index (χ0v) is 13.0. The molecule has 1 heterocycles. The summed E-state index contributed by atoms with van der Waals surface area (Å²) in [6.07, 6.45) is 4.41. The summed E-state index contributed by atoms with van der Waals surface area (Å²) in [5.41, 5.74) is 8.14. The third-order valence-corrected chi connectivity index (χ3v) is 3.27. The van der Waals surface area contributed by atoms with Crippen LogP contribution in [0.5, 0.6) is 0 Å². The van der Waals surface area contributed by atoms with E-state index in [4.69, 9.17) is 5.73 Å². The van der Waals surface area contributed by atoms with Gasteiger partial charge in [0.15, 0.2) is 0 Å². The highest BCUT2D eigenvalue weighted by atomic mass is 32.1. The highest BCUT2D eigenvalue weighted by molar-refractivity contribution is 7.15. The molecule has 0 saturated heterocycles. The van der Waals surface area contributed by atoms with Gasteiger partial charge in [0.2, 0.25) is 5.13 Å². The van der Waals surface area contributed by atoms with E-state index in [1.807, 2.05) is 0 Å². The van der Waals surface area contributed by atoms with Gasteiger partial charge >= 0.3 is 5.97 Å². The Labute approximate surface area is 139 Å². The van der Waals surface area contributed by atoms with E-state index in [0.29, 0.717) is 10.6 Å². The van der Waals surface area contributed by atoms with Gasteiger partial charge in [-0.3, -0.25) is 10.1 Å². The molecule has 11 heteroatoms. The zero-order valence-electron chi connectivity index (χ0n) is 12.2. The first-order chi connectivity index (χ1) is 11.5. The average molecular weight is 348 g/mol. The van der Waals surface area contributed by atoms with Crippen molar-refractivity contribution in [1.29, 1.82) is 0 Å². The third kappa shape index (κ3) is 5.46. The number of aromatic nitrogens is 2. The quantitative estimate of drug-likeness (QED) is 0.433. The van der Waals surface area contributed by atoms with Gasteiger partial charge in [-0.15, -0.1) is 15.8 Å². The van der Waals surface area contributed by atoms with Gasteiger partial charge in [-0.2, -0.15) is 5.10 Å². The second kappa shape index (κ2) is 8.33. The summed E-state index contributed by atoms with van der Waals surface area (Å²) in [5.74, 6) is -0.592. The Balaban J connectivity index is 1.75. The number of allylic oxidation sites excluding steroid dienone is 1. The molecule has 0 aliphatic rings. The molecular formula is C13H12N6O4S. The largest absolute Gasteiger partial charge is 0.374 e. The van der Waals surface area contributed by atoms with Crippen LogP contribution in [0, 0.1) is 10.1 Å². The van der Waals surface area contributed by atoms with Crippen LogP contribution < -0.4 is 11.3 Å². The lowest BCUT2D eigenvalue weighted by Gasteiger charge is -1.98. The van der Waals surface area contributed by atoms with E-state index >= 15 is 0 Å². The minimum absolute atomic E-state index is 0.00143. The molecule has 0 spiro atoms. The van der Waals surface area contributed by atoms with Crippen LogP contribution in [0.1, 0.15) is 10.6 Å². The predicted octanol–water partition coefficient (Wildman–Crippen LogP) is 1.32. The van der Waals surface area contributed by atoms with Crippen molar-refractivity contribution in [2.45, 2.75) is 6.42 Å². The second-order valence-corrected chi connectivity index (χ2v) is 5.36. The molecule has 1 aromatic carbocycles. The standard InChI is InChI=1S/C13H12N6O4S/c14-13-17-16-11(24-13)8-12(20)23-18-15-6-2-4-9-3-1-5-10(7-9)19(21)22/h1-7,18H,8H2,(H2,14,17)/b4-2+,15-6+. The molecule has 1 aromatic heterocycles. The smallest absolute Gasteiger partial charge is 0.341 e. The molecule has 0 amide bonds. The highest BCUT2D eigenvalue weighted by Crippen LogP contribution is 2.14. The molecular weight excluding hydrogens is 336 g/mol. The maximum atomic E-state index is 11.4. The Morgan fingerprint density at radius 3 is 3.04 bits per heavy atom. The number of nitrogens with two attached hydrogens (primary N) is 1. The number of nitrogens with one attached hydrogen (secondary N) is 1. The van der Waals surface area contributed by atoms with Crippen molar-refractivity contribution in [3.63, 3.8) is 0 Å². The van der Waals surface area contributed by atoms with E-state index in [2.05, 4.69) is 25.7 Å². The molecule has 3 N–H and O–H groups in total. The van der Waals surface area contributed by atoms with Gasteiger partial charge in [0.25, 0.3) is 5.69 Å². The molecule has 0 bridgehead atoms. The molecule has 0 radical (unpaired) electrons. The number of nitro benzene ring substituents is 1. The summed E-state index contributed by atoms with van der Waals surface area (Å²) in [5, 5.41) is 22.3. The Kier molecular flexibility index (Phi) is 5.91. The summed E-state index contributed by atoms with van der Waals surface area (Å²) in [7, 11) is 0. The molecule has 0 aliphatic heterocycles. The number of hydrogen-bond donors (Lipinski definition) is 2. The summed E-state index contributed by atoms with van der Waals surface area (Å²) < 4.78 is 0. The average Bonchev–Trinajstić information content (AvgIpc) is 2.96. The molecule has 124 valence electrons. The van der Waals surface area contributed by atoms with Crippen molar-refractivity contribution in [3.8, 4) is 0 Å².